The van der Waals surface area contributed by atoms with Gasteiger partial charge in [0.15, 0.2) is 0 Å². The van der Waals surface area contributed by atoms with E-state index in [0.29, 0.717) is 13.1 Å². The lowest BCUT2D eigenvalue weighted by Gasteiger charge is -2.28. The number of carboxylic acid groups (broad SMARTS) is 1. The first-order valence-corrected chi connectivity index (χ1v) is 8.77. The number of aromatic nitrogens is 2. The Kier molecular flexibility index (Phi) is 3.63. The highest BCUT2D eigenvalue weighted by molar-refractivity contribution is 5.78. The zero-order valence-corrected chi connectivity index (χ0v) is 14.4. The highest BCUT2D eigenvalue weighted by atomic mass is 16.4. The zero-order valence-electron chi connectivity index (χ0n) is 14.4. The number of carboxylic acids is 1. The second kappa shape index (κ2) is 5.58. The molecule has 7 heteroatoms. The van der Waals surface area contributed by atoms with E-state index >= 15 is 0 Å². The predicted molar refractivity (Wildman–Crippen MR) is 91.6 cm³/mol. The number of aryl methyl sites for hydroxylation is 1. The number of nitrogens with zero attached hydrogens (tertiary/aromatic N) is 4. The lowest BCUT2D eigenvalue weighted by atomic mass is 9.81. The molecule has 0 unspecified atom stereocenters. The summed E-state index contributed by atoms with van der Waals surface area (Å²) in [4.78, 5) is 25.6. The molecular formula is C17H25N5O2. The first-order valence-electron chi connectivity index (χ1n) is 8.77. The molecule has 130 valence electrons. The molecule has 2 saturated heterocycles. The summed E-state index contributed by atoms with van der Waals surface area (Å²) in [5, 5.41) is 13.1. The highest BCUT2D eigenvalue weighted by Crippen LogP contribution is 2.42. The van der Waals surface area contributed by atoms with Crippen LogP contribution in [0.25, 0.3) is 0 Å². The van der Waals surface area contributed by atoms with Gasteiger partial charge in [-0.25, -0.2) is 4.98 Å². The molecule has 2 N–H and O–H groups in total. The maximum atomic E-state index is 11.9. The Bertz CT molecular complexity index is 677. The van der Waals surface area contributed by atoms with Crippen molar-refractivity contribution in [1.29, 1.82) is 0 Å². The molecule has 0 bridgehead atoms. The monoisotopic (exact) mass is 331 g/mol. The topological polar surface area (TPSA) is 81.6 Å². The first kappa shape index (κ1) is 15.6. The quantitative estimate of drug-likeness (QED) is 0.836. The molecule has 1 aromatic heterocycles. The van der Waals surface area contributed by atoms with Crippen LogP contribution in [-0.4, -0.2) is 61.3 Å². The summed E-state index contributed by atoms with van der Waals surface area (Å²) >= 11 is 0. The Morgan fingerprint density at radius 2 is 2.12 bits per heavy atom. The Hall–Kier alpha value is -1.89. The molecule has 2 aliphatic heterocycles. The van der Waals surface area contributed by atoms with Crippen molar-refractivity contribution in [3.05, 3.63) is 11.3 Å². The van der Waals surface area contributed by atoms with Crippen LogP contribution >= 0.6 is 0 Å². The SMILES string of the molecule is CN(C)c1nc2c(c(N3C[C@H]4CNC[C@@]4(C(=O)O)C3)n1)CCCC2. The minimum atomic E-state index is -0.684. The van der Waals surface area contributed by atoms with Gasteiger partial charge in [-0.1, -0.05) is 0 Å². The van der Waals surface area contributed by atoms with Crippen LogP contribution in [0.2, 0.25) is 0 Å². The number of aliphatic carboxylic acids is 1. The molecule has 0 aromatic carbocycles. The summed E-state index contributed by atoms with van der Waals surface area (Å²) in [6, 6.07) is 0. The van der Waals surface area contributed by atoms with Crippen molar-refractivity contribution in [3.63, 3.8) is 0 Å². The maximum absolute atomic E-state index is 11.9. The molecule has 4 rings (SSSR count). The lowest BCUT2D eigenvalue weighted by molar-refractivity contribution is -0.148. The Morgan fingerprint density at radius 3 is 2.83 bits per heavy atom. The van der Waals surface area contributed by atoms with E-state index in [1.165, 1.54) is 12.0 Å². The van der Waals surface area contributed by atoms with Crippen molar-refractivity contribution in [1.82, 2.24) is 15.3 Å². The van der Waals surface area contributed by atoms with E-state index in [0.717, 1.165) is 49.8 Å². The molecule has 24 heavy (non-hydrogen) atoms. The molecule has 3 aliphatic rings. The molecule has 1 aliphatic carbocycles. The lowest BCUT2D eigenvalue weighted by Crippen LogP contribution is -2.40. The van der Waals surface area contributed by atoms with Gasteiger partial charge >= 0.3 is 5.97 Å². The van der Waals surface area contributed by atoms with Crippen molar-refractivity contribution >= 4 is 17.7 Å². The van der Waals surface area contributed by atoms with E-state index in [1.807, 2.05) is 19.0 Å². The van der Waals surface area contributed by atoms with Crippen LogP contribution in [0.15, 0.2) is 0 Å². The van der Waals surface area contributed by atoms with Crippen LogP contribution < -0.4 is 15.1 Å². The normalized spacial score (nSPS) is 28.6. The molecule has 2 fully saturated rings. The standard InChI is InChI=1S/C17H25N5O2/c1-21(2)16-19-13-6-4-3-5-12(13)14(20-16)22-8-11-7-18-9-17(11,10-22)15(23)24/h11,18H,3-10H2,1-2H3,(H,23,24)/t11-,17-/m1/s1. The molecule has 0 saturated carbocycles. The van der Waals surface area contributed by atoms with Crippen molar-refractivity contribution in [2.24, 2.45) is 11.3 Å². The average Bonchev–Trinajstić information content (AvgIpc) is 3.11. The number of carbonyl (C=O) groups is 1. The van der Waals surface area contributed by atoms with E-state index in [9.17, 15) is 9.90 Å². The zero-order chi connectivity index (χ0) is 16.9. The van der Waals surface area contributed by atoms with Gasteiger partial charge in [0, 0.05) is 51.8 Å². The van der Waals surface area contributed by atoms with Crippen molar-refractivity contribution in [3.8, 4) is 0 Å². The first-order chi connectivity index (χ1) is 11.5. The number of nitrogens with one attached hydrogen (secondary N) is 1. The third kappa shape index (κ3) is 2.25. The fraction of sp³-hybridized carbons (Fsp3) is 0.706. The van der Waals surface area contributed by atoms with Crippen molar-refractivity contribution in [2.45, 2.75) is 25.7 Å². The number of hydrogen-bond acceptors (Lipinski definition) is 6. The van der Waals surface area contributed by atoms with E-state index in [-0.39, 0.29) is 5.92 Å². The molecule has 7 nitrogen and oxygen atoms in total. The number of rotatable bonds is 3. The van der Waals surface area contributed by atoms with Crippen LogP contribution in [0.5, 0.6) is 0 Å². The summed E-state index contributed by atoms with van der Waals surface area (Å²) in [5.41, 5.74) is 1.71. The van der Waals surface area contributed by atoms with Crippen LogP contribution in [-0.2, 0) is 17.6 Å². The van der Waals surface area contributed by atoms with Gasteiger partial charge in [-0.2, -0.15) is 4.98 Å². The molecule has 0 spiro atoms. The van der Waals surface area contributed by atoms with E-state index in [2.05, 4.69) is 10.2 Å². The van der Waals surface area contributed by atoms with Crippen molar-refractivity contribution in [2.75, 3.05) is 50.1 Å². The molecule has 2 atom stereocenters. The molecular weight excluding hydrogens is 306 g/mol. The smallest absolute Gasteiger partial charge is 0.313 e. The minimum Gasteiger partial charge on any atom is -0.481 e. The fourth-order valence-electron chi connectivity index (χ4n) is 4.41. The summed E-state index contributed by atoms with van der Waals surface area (Å²) in [5.74, 6) is 1.16. The van der Waals surface area contributed by atoms with Gasteiger partial charge in [0.1, 0.15) is 11.2 Å². The second-order valence-corrected chi connectivity index (χ2v) is 7.54. The van der Waals surface area contributed by atoms with Gasteiger partial charge in [-0.05, 0) is 25.7 Å². The molecule has 0 amide bonds. The largest absolute Gasteiger partial charge is 0.481 e. The number of hydrogen-bond donors (Lipinski definition) is 2. The number of anilines is 2. The number of fused-ring (bicyclic) bond motifs is 2. The van der Waals surface area contributed by atoms with Crippen molar-refractivity contribution < 1.29 is 9.90 Å². The van der Waals surface area contributed by atoms with Gasteiger partial charge in [0.05, 0.1) is 5.69 Å². The molecule has 3 heterocycles. The van der Waals surface area contributed by atoms with Gasteiger partial charge in [-0.15, -0.1) is 0 Å². The average molecular weight is 331 g/mol. The highest BCUT2D eigenvalue weighted by Gasteiger charge is 2.55. The minimum absolute atomic E-state index is 0.145. The van der Waals surface area contributed by atoms with Crippen LogP contribution in [0.3, 0.4) is 0 Å². The van der Waals surface area contributed by atoms with Gasteiger partial charge < -0.3 is 20.2 Å². The Balaban J connectivity index is 1.74. The second-order valence-electron chi connectivity index (χ2n) is 7.54. The van der Waals surface area contributed by atoms with Crippen LogP contribution in [0.1, 0.15) is 24.1 Å². The fourth-order valence-corrected chi connectivity index (χ4v) is 4.41. The summed E-state index contributed by atoms with van der Waals surface area (Å²) < 4.78 is 0. The summed E-state index contributed by atoms with van der Waals surface area (Å²) in [6.45, 7) is 2.62. The third-order valence-electron chi connectivity index (χ3n) is 5.80. The van der Waals surface area contributed by atoms with E-state index < -0.39 is 11.4 Å². The molecule has 0 radical (unpaired) electrons. The predicted octanol–water partition coefficient (Wildman–Crippen LogP) is 0.532. The van der Waals surface area contributed by atoms with Crippen LogP contribution in [0, 0.1) is 11.3 Å². The van der Waals surface area contributed by atoms with Gasteiger partial charge in [0.25, 0.3) is 0 Å². The molecule has 1 aromatic rings. The van der Waals surface area contributed by atoms with Gasteiger partial charge in [0.2, 0.25) is 5.95 Å². The van der Waals surface area contributed by atoms with Crippen LogP contribution in [0.4, 0.5) is 11.8 Å². The third-order valence-corrected chi connectivity index (χ3v) is 5.80. The van der Waals surface area contributed by atoms with E-state index in [4.69, 9.17) is 9.97 Å². The summed E-state index contributed by atoms with van der Waals surface area (Å²) in [6.07, 6.45) is 4.32. The summed E-state index contributed by atoms with van der Waals surface area (Å²) in [7, 11) is 3.91. The van der Waals surface area contributed by atoms with E-state index in [1.54, 1.807) is 0 Å². The maximum Gasteiger partial charge on any atom is 0.313 e. The Morgan fingerprint density at radius 1 is 1.33 bits per heavy atom. The Labute approximate surface area is 142 Å². The van der Waals surface area contributed by atoms with Gasteiger partial charge in [-0.3, -0.25) is 4.79 Å².